The van der Waals surface area contributed by atoms with Gasteiger partial charge in [-0.3, -0.25) is 0 Å². The fourth-order valence-corrected chi connectivity index (χ4v) is 1.49. The quantitative estimate of drug-likeness (QED) is 0.427. The molecular formula is C12H11O3W-. The van der Waals surface area contributed by atoms with Crippen molar-refractivity contribution in [2.24, 2.45) is 0 Å². The van der Waals surface area contributed by atoms with Crippen LogP contribution in [0.1, 0.15) is 19.4 Å². The molecule has 0 aliphatic carbocycles. The van der Waals surface area contributed by atoms with Gasteiger partial charge in [0.25, 0.3) is 0 Å². The van der Waals surface area contributed by atoms with Gasteiger partial charge >= 0.3 is 105 Å². The van der Waals surface area contributed by atoms with Crippen LogP contribution in [0.5, 0.6) is 5.75 Å². The second-order valence-corrected chi connectivity index (χ2v) is 4.46. The first kappa shape index (κ1) is 13.0. The van der Waals surface area contributed by atoms with Gasteiger partial charge in [-0.2, -0.15) is 0 Å². The third kappa shape index (κ3) is 2.53. The molecule has 4 heteroatoms. The molecule has 0 spiro atoms. The van der Waals surface area contributed by atoms with Crippen molar-refractivity contribution in [1.82, 2.24) is 0 Å². The summed E-state index contributed by atoms with van der Waals surface area (Å²) in [6.45, 7) is 9.27. The van der Waals surface area contributed by atoms with Crippen molar-refractivity contribution >= 4 is 9.97 Å². The van der Waals surface area contributed by atoms with E-state index >= 15 is 0 Å². The molecule has 1 aromatic rings. The van der Waals surface area contributed by atoms with Crippen LogP contribution in [-0.4, -0.2) is 10.5 Å². The summed E-state index contributed by atoms with van der Waals surface area (Å²) in [7, 11) is 0. The standard InChI is InChI=1S/C12H11O3.W/c1-5-6-8(4)9-10(13)11(14)12(9)15-7(2)3;/h1,4-7H,2-3H3;/q-1;/b6-5-;. The third-order valence-electron chi connectivity index (χ3n) is 1.86. The molecule has 0 fully saturated rings. The summed E-state index contributed by atoms with van der Waals surface area (Å²) in [5.74, 6) is 0.0885. The van der Waals surface area contributed by atoms with Crippen molar-refractivity contribution in [2.75, 3.05) is 0 Å². The maximum atomic E-state index is 11.3. The van der Waals surface area contributed by atoms with Crippen LogP contribution in [-0.2, 0) is 19.4 Å². The monoisotopic (exact) mass is 387 g/mol. The van der Waals surface area contributed by atoms with E-state index in [4.69, 9.17) is 11.3 Å². The van der Waals surface area contributed by atoms with Crippen LogP contribution in [0.3, 0.4) is 0 Å². The molecule has 0 aromatic heterocycles. The van der Waals surface area contributed by atoms with Crippen LogP contribution in [0.2, 0.25) is 0 Å². The van der Waals surface area contributed by atoms with Gasteiger partial charge in [0.15, 0.2) is 0 Å². The Morgan fingerprint density at radius 3 is 2.50 bits per heavy atom. The average molecular weight is 387 g/mol. The zero-order valence-corrected chi connectivity index (χ0v) is 12.0. The van der Waals surface area contributed by atoms with Crippen molar-refractivity contribution in [3.63, 3.8) is 0 Å². The summed E-state index contributed by atoms with van der Waals surface area (Å²) in [5, 5.41) is 0. The first-order valence-electron chi connectivity index (χ1n) is 4.73. The van der Waals surface area contributed by atoms with Gasteiger partial charge in [0.1, 0.15) is 0 Å². The van der Waals surface area contributed by atoms with E-state index < -0.39 is 10.9 Å². The van der Waals surface area contributed by atoms with Crippen molar-refractivity contribution < 1.29 is 24.1 Å². The fraction of sp³-hybridized carbons (Fsp3) is 0.250. The summed E-state index contributed by atoms with van der Waals surface area (Å²) in [5.41, 5.74) is -0.683. The van der Waals surface area contributed by atoms with Crippen LogP contribution in [0.15, 0.2) is 21.7 Å². The molecule has 0 aliphatic heterocycles. The maximum absolute atomic E-state index is 11.3. The Kier molecular flexibility index (Phi) is 4.31. The van der Waals surface area contributed by atoms with Gasteiger partial charge in [0.05, 0.1) is 0 Å². The Hall–Kier alpha value is -1.08. The number of ether oxygens (including phenoxy) is 1. The molecule has 0 bridgehead atoms. The van der Waals surface area contributed by atoms with Crippen molar-refractivity contribution in [2.45, 2.75) is 20.0 Å². The van der Waals surface area contributed by atoms with Gasteiger partial charge in [-0.05, 0) is 0 Å². The average Bonchev–Trinajstić information content (AvgIpc) is 2.24. The van der Waals surface area contributed by atoms with Crippen LogP contribution < -0.4 is 15.6 Å². The van der Waals surface area contributed by atoms with E-state index in [2.05, 4.69) is 0 Å². The fourth-order valence-electron chi connectivity index (χ4n) is 1.21. The van der Waals surface area contributed by atoms with Crippen molar-refractivity contribution in [3.8, 4) is 5.75 Å². The second-order valence-electron chi connectivity index (χ2n) is 3.48. The predicted molar refractivity (Wildman–Crippen MR) is 60.0 cm³/mol. The molecule has 0 saturated carbocycles. The summed E-state index contributed by atoms with van der Waals surface area (Å²) >= 11 is 1.28. The SMILES string of the molecule is [CH-]=C(/C=C\[CH]=[W])c1c(OC(C)C)c(=O)c1=O. The molecule has 1 rings (SSSR count). The van der Waals surface area contributed by atoms with Gasteiger partial charge in [-0.25, -0.2) is 0 Å². The van der Waals surface area contributed by atoms with Gasteiger partial charge in [-0.1, -0.05) is 0 Å². The number of hydrogen-bond donors (Lipinski definition) is 0. The third-order valence-corrected chi connectivity index (χ3v) is 2.43. The summed E-state index contributed by atoms with van der Waals surface area (Å²) in [4.78, 5) is 22.6. The van der Waals surface area contributed by atoms with Crippen LogP contribution >= 0.6 is 0 Å². The number of hydrogen-bond acceptors (Lipinski definition) is 3. The van der Waals surface area contributed by atoms with E-state index in [9.17, 15) is 9.59 Å². The normalized spacial score (nSPS) is 11.2. The minimum atomic E-state index is -0.592. The summed E-state index contributed by atoms with van der Waals surface area (Å²) in [6, 6.07) is 0. The van der Waals surface area contributed by atoms with E-state index in [1.165, 1.54) is 19.4 Å². The van der Waals surface area contributed by atoms with Gasteiger partial charge in [-0.15, -0.1) is 0 Å². The second kappa shape index (κ2) is 5.31. The van der Waals surface area contributed by atoms with E-state index in [1.54, 1.807) is 26.0 Å². The molecule has 0 amide bonds. The minimum absolute atomic E-state index is 0.0885. The Balaban J connectivity index is 3.06. The van der Waals surface area contributed by atoms with Crippen molar-refractivity contribution in [3.05, 3.63) is 44.7 Å². The van der Waals surface area contributed by atoms with E-state index in [0.717, 1.165) is 0 Å². The molecule has 16 heavy (non-hydrogen) atoms. The molecule has 0 saturated heterocycles. The zero-order valence-electron chi connectivity index (χ0n) is 9.02. The molecule has 3 nitrogen and oxygen atoms in total. The number of allylic oxidation sites excluding steroid dienone is 3. The van der Waals surface area contributed by atoms with Crippen LogP contribution in [0.4, 0.5) is 0 Å². The zero-order chi connectivity index (χ0) is 12.3. The molecule has 0 heterocycles. The van der Waals surface area contributed by atoms with Crippen molar-refractivity contribution in [1.29, 1.82) is 0 Å². The van der Waals surface area contributed by atoms with Gasteiger partial charge < -0.3 is 0 Å². The molecular weight excluding hydrogens is 376 g/mol. The van der Waals surface area contributed by atoms with Gasteiger partial charge in [0, 0.05) is 0 Å². The molecule has 84 valence electrons. The Morgan fingerprint density at radius 2 is 2.00 bits per heavy atom. The topological polar surface area (TPSA) is 43.4 Å². The molecule has 0 unspecified atom stereocenters. The summed E-state index contributed by atoms with van der Waals surface area (Å²) < 4.78 is 7.11. The molecule has 0 N–H and O–H groups in total. The molecule has 0 radical (unpaired) electrons. The summed E-state index contributed by atoms with van der Waals surface area (Å²) in [6.07, 6.45) is 3.18. The van der Waals surface area contributed by atoms with E-state index in [0.29, 0.717) is 0 Å². The van der Waals surface area contributed by atoms with E-state index in [1.807, 2.05) is 4.40 Å². The molecule has 1 aromatic carbocycles. The van der Waals surface area contributed by atoms with Crippen LogP contribution in [0.25, 0.3) is 5.57 Å². The molecule has 0 aliphatic rings. The Morgan fingerprint density at radius 1 is 1.38 bits per heavy atom. The predicted octanol–water partition coefficient (Wildman–Crippen LogP) is 0.791. The Labute approximate surface area is 105 Å². The first-order chi connectivity index (χ1) is 7.49. The number of rotatable bonds is 5. The van der Waals surface area contributed by atoms with Crippen LogP contribution in [0, 0.1) is 6.58 Å². The van der Waals surface area contributed by atoms with E-state index in [-0.39, 0.29) is 23.0 Å². The Bertz CT molecular complexity index is 516. The first-order valence-corrected chi connectivity index (χ1v) is 6.43. The van der Waals surface area contributed by atoms with Gasteiger partial charge in [0.2, 0.25) is 0 Å². The molecule has 0 atom stereocenters.